The molecule has 0 saturated heterocycles. The van der Waals surface area contributed by atoms with Gasteiger partial charge in [0, 0.05) is 11.6 Å². The van der Waals surface area contributed by atoms with Crippen molar-refractivity contribution in [3.8, 4) is 11.5 Å². The van der Waals surface area contributed by atoms with Gasteiger partial charge in [0.2, 0.25) is 0 Å². The van der Waals surface area contributed by atoms with Crippen molar-refractivity contribution in [2.45, 2.75) is 6.92 Å². The molecule has 0 aliphatic carbocycles. The highest BCUT2D eigenvalue weighted by atomic mass is 16.5. The summed E-state index contributed by atoms with van der Waals surface area (Å²) in [5.41, 5.74) is 0.927. The second kappa shape index (κ2) is 4.50. The number of carbonyl (C=O) groups is 1. The topological polar surface area (TPSA) is 66.8 Å². The van der Waals surface area contributed by atoms with E-state index in [1.165, 1.54) is 13.2 Å². The largest absolute Gasteiger partial charge is 0.507 e. The van der Waals surface area contributed by atoms with Crippen molar-refractivity contribution in [2.75, 3.05) is 7.11 Å². The summed E-state index contributed by atoms with van der Waals surface area (Å²) in [5, 5.41) is 18.1. The van der Waals surface area contributed by atoms with Crippen LogP contribution in [0.15, 0.2) is 24.3 Å². The number of benzene rings is 1. The normalized spacial score (nSPS) is 11.2. The van der Waals surface area contributed by atoms with Crippen molar-refractivity contribution < 1.29 is 19.7 Å². The van der Waals surface area contributed by atoms with Gasteiger partial charge in [-0.05, 0) is 30.7 Å². The summed E-state index contributed by atoms with van der Waals surface area (Å²) < 4.78 is 4.98. The molecule has 0 atom stereocenters. The fourth-order valence-corrected chi connectivity index (χ4v) is 1.22. The Morgan fingerprint density at radius 3 is 2.67 bits per heavy atom. The Morgan fingerprint density at radius 1 is 1.47 bits per heavy atom. The average Bonchev–Trinajstić information content (AvgIpc) is 2.17. The first kappa shape index (κ1) is 11.1. The highest BCUT2D eigenvalue weighted by molar-refractivity contribution is 5.90. The number of methoxy groups -OCH3 is 1. The van der Waals surface area contributed by atoms with Crippen LogP contribution in [-0.4, -0.2) is 23.3 Å². The minimum absolute atomic E-state index is 0.0331. The number of aliphatic carboxylic acids is 1. The maximum atomic E-state index is 10.5. The molecule has 0 amide bonds. The Bertz CT molecular complexity index is 407. The molecule has 4 nitrogen and oxygen atoms in total. The smallest absolute Gasteiger partial charge is 0.328 e. The second-order valence-corrected chi connectivity index (χ2v) is 3.05. The SMILES string of the molecule is COc1ccc(O)c(C(C)=CC(=O)O)c1. The summed E-state index contributed by atoms with van der Waals surface area (Å²) in [7, 11) is 1.51. The number of allylic oxidation sites excluding steroid dienone is 1. The van der Waals surface area contributed by atoms with Crippen molar-refractivity contribution in [1.29, 1.82) is 0 Å². The van der Waals surface area contributed by atoms with E-state index in [0.717, 1.165) is 6.08 Å². The van der Waals surface area contributed by atoms with E-state index >= 15 is 0 Å². The number of carboxylic acids is 1. The van der Waals surface area contributed by atoms with E-state index in [-0.39, 0.29) is 5.75 Å². The van der Waals surface area contributed by atoms with Crippen molar-refractivity contribution >= 4 is 11.5 Å². The molecule has 4 heteroatoms. The molecule has 0 unspecified atom stereocenters. The second-order valence-electron chi connectivity index (χ2n) is 3.05. The average molecular weight is 208 g/mol. The van der Waals surface area contributed by atoms with Gasteiger partial charge in [0.05, 0.1) is 7.11 Å². The molecule has 0 radical (unpaired) electrons. The quantitative estimate of drug-likeness (QED) is 0.744. The minimum atomic E-state index is -1.05. The van der Waals surface area contributed by atoms with Crippen LogP contribution in [0.25, 0.3) is 5.57 Å². The Hall–Kier alpha value is -1.97. The van der Waals surface area contributed by atoms with Crippen LogP contribution in [0.5, 0.6) is 11.5 Å². The number of aromatic hydroxyl groups is 1. The van der Waals surface area contributed by atoms with Gasteiger partial charge in [0.25, 0.3) is 0 Å². The van der Waals surface area contributed by atoms with E-state index in [0.29, 0.717) is 16.9 Å². The lowest BCUT2D eigenvalue weighted by Crippen LogP contribution is -1.91. The standard InChI is InChI=1S/C11H12O4/c1-7(5-11(13)14)9-6-8(15-2)3-4-10(9)12/h3-6,12H,1-2H3,(H,13,14). The maximum Gasteiger partial charge on any atom is 0.328 e. The number of carboxylic acid groups (broad SMARTS) is 1. The van der Waals surface area contributed by atoms with Crippen molar-refractivity contribution in [3.63, 3.8) is 0 Å². The summed E-state index contributed by atoms with van der Waals surface area (Å²) in [6.07, 6.45) is 1.04. The number of ether oxygens (including phenoxy) is 1. The van der Waals surface area contributed by atoms with Gasteiger partial charge < -0.3 is 14.9 Å². The molecule has 1 aromatic carbocycles. The molecule has 80 valence electrons. The number of rotatable bonds is 3. The number of phenolic OH excluding ortho intramolecular Hbond substituents is 1. The highest BCUT2D eigenvalue weighted by Crippen LogP contribution is 2.28. The molecular formula is C11H12O4. The maximum absolute atomic E-state index is 10.5. The molecule has 0 aromatic heterocycles. The number of hydrogen-bond acceptors (Lipinski definition) is 3. The first-order valence-corrected chi connectivity index (χ1v) is 4.33. The Kier molecular flexibility index (Phi) is 3.33. The number of hydrogen-bond donors (Lipinski definition) is 2. The van der Waals surface area contributed by atoms with Gasteiger partial charge in [-0.15, -0.1) is 0 Å². The summed E-state index contributed by atoms with van der Waals surface area (Å²) >= 11 is 0. The van der Waals surface area contributed by atoms with E-state index in [2.05, 4.69) is 0 Å². The third-order valence-electron chi connectivity index (χ3n) is 1.97. The summed E-state index contributed by atoms with van der Waals surface area (Å²) in [6.45, 7) is 1.61. The van der Waals surface area contributed by atoms with Crippen molar-refractivity contribution in [1.82, 2.24) is 0 Å². The van der Waals surface area contributed by atoms with Gasteiger partial charge in [-0.25, -0.2) is 4.79 Å². The molecule has 0 spiro atoms. The Labute approximate surface area is 87.4 Å². The lowest BCUT2D eigenvalue weighted by Gasteiger charge is -2.06. The zero-order valence-corrected chi connectivity index (χ0v) is 8.52. The van der Waals surface area contributed by atoms with Crippen LogP contribution in [-0.2, 0) is 4.79 Å². The van der Waals surface area contributed by atoms with Crippen LogP contribution in [0.3, 0.4) is 0 Å². The molecular weight excluding hydrogens is 196 g/mol. The molecule has 2 N–H and O–H groups in total. The molecule has 0 heterocycles. The van der Waals surface area contributed by atoms with Crippen LogP contribution in [0, 0.1) is 0 Å². The van der Waals surface area contributed by atoms with Gasteiger partial charge in [0.15, 0.2) is 0 Å². The summed E-state index contributed by atoms with van der Waals surface area (Å²) in [4.78, 5) is 10.5. The van der Waals surface area contributed by atoms with Crippen LogP contribution >= 0.6 is 0 Å². The Morgan fingerprint density at radius 2 is 2.13 bits per heavy atom. The van der Waals surface area contributed by atoms with Gasteiger partial charge in [-0.1, -0.05) is 0 Å². The van der Waals surface area contributed by atoms with Crippen molar-refractivity contribution in [2.24, 2.45) is 0 Å². The molecule has 0 fully saturated rings. The fraction of sp³-hybridized carbons (Fsp3) is 0.182. The monoisotopic (exact) mass is 208 g/mol. The van der Waals surface area contributed by atoms with Crippen LogP contribution in [0.2, 0.25) is 0 Å². The predicted molar refractivity (Wildman–Crippen MR) is 55.9 cm³/mol. The predicted octanol–water partition coefficient (Wildman–Crippen LogP) is 1.89. The Balaban J connectivity index is 3.17. The van der Waals surface area contributed by atoms with Gasteiger partial charge in [-0.2, -0.15) is 0 Å². The molecule has 0 saturated carbocycles. The first-order chi connectivity index (χ1) is 7.04. The van der Waals surface area contributed by atoms with E-state index in [9.17, 15) is 9.90 Å². The molecule has 1 rings (SSSR count). The van der Waals surface area contributed by atoms with E-state index < -0.39 is 5.97 Å². The highest BCUT2D eigenvalue weighted by Gasteiger charge is 2.06. The van der Waals surface area contributed by atoms with E-state index in [1.807, 2.05) is 0 Å². The van der Waals surface area contributed by atoms with E-state index in [1.54, 1.807) is 19.1 Å². The number of phenols is 1. The van der Waals surface area contributed by atoms with Gasteiger partial charge >= 0.3 is 5.97 Å². The summed E-state index contributed by atoms with van der Waals surface area (Å²) in [5.74, 6) is -0.443. The third kappa shape index (κ3) is 2.74. The lowest BCUT2D eigenvalue weighted by molar-refractivity contribution is -0.131. The lowest BCUT2D eigenvalue weighted by atomic mass is 10.1. The zero-order valence-electron chi connectivity index (χ0n) is 8.52. The first-order valence-electron chi connectivity index (χ1n) is 4.33. The molecule has 0 aliphatic rings. The van der Waals surface area contributed by atoms with E-state index in [4.69, 9.17) is 9.84 Å². The molecule has 15 heavy (non-hydrogen) atoms. The molecule has 1 aromatic rings. The van der Waals surface area contributed by atoms with Crippen LogP contribution in [0.4, 0.5) is 0 Å². The van der Waals surface area contributed by atoms with Gasteiger partial charge in [-0.3, -0.25) is 0 Å². The fourth-order valence-electron chi connectivity index (χ4n) is 1.22. The van der Waals surface area contributed by atoms with Crippen LogP contribution < -0.4 is 4.74 Å². The zero-order chi connectivity index (χ0) is 11.4. The minimum Gasteiger partial charge on any atom is -0.507 e. The van der Waals surface area contributed by atoms with Gasteiger partial charge in [0.1, 0.15) is 11.5 Å². The molecule has 0 aliphatic heterocycles. The summed E-state index contributed by atoms with van der Waals surface area (Å²) in [6, 6.07) is 4.66. The molecule has 0 bridgehead atoms. The van der Waals surface area contributed by atoms with Crippen LogP contribution in [0.1, 0.15) is 12.5 Å². The van der Waals surface area contributed by atoms with Crippen molar-refractivity contribution in [3.05, 3.63) is 29.8 Å². The third-order valence-corrected chi connectivity index (χ3v) is 1.97.